The fourth-order valence-corrected chi connectivity index (χ4v) is 3.13. The van der Waals surface area contributed by atoms with Crippen molar-refractivity contribution in [2.24, 2.45) is 0 Å². The van der Waals surface area contributed by atoms with Crippen molar-refractivity contribution >= 4 is 34.3 Å². The predicted octanol–water partition coefficient (Wildman–Crippen LogP) is 5.25. The number of rotatable bonds is 4. The maximum Gasteiger partial charge on any atom is 0.339 e. The fourth-order valence-electron chi connectivity index (χ4n) is 2.95. The molecule has 3 aromatic carbocycles. The minimum atomic E-state index is -0.611. The Hall–Kier alpha value is -3.29. The van der Waals surface area contributed by atoms with Gasteiger partial charge >= 0.3 is 11.9 Å². The number of hydrogen-bond donors (Lipinski definition) is 0. The van der Waals surface area contributed by atoms with Crippen LogP contribution in [0, 0.1) is 11.8 Å². The zero-order valence-corrected chi connectivity index (χ0v) is 16.9. The van der Waals surface area contributed by atoms with Crippen LogP contribution in [0.3, 0.4) is 0 Å². The van der Waals surface area contributed by atoms with Crippen LogP contribution in [0.25, 0.3) is 10.8 Å². The summed E-state index contributed by atoms with van der Waals surface area (Å²) in [7, 11) is 0. The van der Waals surface area contributed by atoms with Crippen molar-refractivity contribution in [2.45, 2.75) is 13.8 Å². The molecular weight excluding hydrogens is 388 g/mol. The SMILES string of the molecule is CCOC(=O)c1cc(C#Cc2ccccc2)c2ccc(Cl)cc2c1C(=O)OCC. The summed E-state index contributed by atoms with van der Waals surface area (Å²) >= 11 is 6.19. The fraction of sp³-hybridized carbons (Fsp3) is 0.167. The van der Waals surface area contributed by atoms with Crippen molar-refractivity contribution in [1.82, 2.24) is 0 Å². The first-order chi connectivity index (χ1) is 14.0. The molecule has 0 aliphatic carbocycles. The van der Waals surface area contributed by atoms with Gasteiger partial charge in [0.05, 0.1) is 24.3 Å². The molecule has 0 amide bonds. The quantitative estimate of drug-likeness (QED) is 0.439. The Balaban J connectivity index is 2.30. The monoisotopic (exact) mass is 406 g/mol. The Morgan fingerprint density at radius 1 is 0.862 bits per heavy atom. The first-order valence-corrected chi connectivity index (χ1v) is 9.60. The average Bonchev–Trinajstić information content (AvgIpc) is 2.72. The van der Waals surface area contributed by atoms with Crippen molar-refractivity contribution in [2.75, 3.05) is 13.2 Å². The molecule has 0 aromatic heterocycles. The van der Waals surface area contributed by atoms with Crippen LogP contribution in [0.15, 0.2) is 54.6 Å². The lowest BCUT2D eigenvalue weighted by molar-refractivity contribution is 0.0481. The van der Waals surface area contributed by atoms with Gasteiger partial charge in [0.1, 0.15) is 0 Å². The van der Waals surface area contributed by atoms with Crippen molar-refractivity contribution in [3.05, 3.63) is 81.9 Å². The molecule has 0 atom stereocenters. The summed E-state index contributed by atoms with van der Waals surface area (Å²) in [5.74, 6) is 4.98. The van der Waals surface area contributed by atoms with Crippen molar-refractivity contribution < 1.29 is 19.1 Å². The molecule has 0 bridgehead atoms. The van der Waals surface area contributed by atoms with Crippen LogP contribution in [0.4, 0.5) is 0 Å². The maximum atomic E-state index is 12.7. The summed E-state index contributed by atoms with van der Waals surface area (Å²) in [6.07, 6.45) is 0. The van der Waals surface area contributed by atoms with Gasteiger partial charge in [-0.2, -0.15) is 0 Å². The van der Waals surface area contributed by atoms with Gasteiger partial charge in [0, 0.05) is 16.1 Å². The number of ether oxygens (including phenoxy) is 2. The summed E-state index contributed by atoms with van der Waals surface area (Å²) in [5.41, 5.74) is 1.67. The Kier molecular flexibility index (Phi) is 6.54. The molecule has 29 heavy (non-hydrogen) atoms. The van der Waals surface area contributed by atoms with Crippen LogP contribution in [0.2, 0.25) is 5.02 Å². The number of halogens is 1. The summed E-state index contributed by atoms with van der Waals surface area (Å²) in [5, 5.41) is 1.64. The zero-order chi connectivity index (χ0) is 20.8. The third-order valence-corrected chi connectivity index (χ3v) is 4.42. The van der Waals surface area contributed by atoms with E-state index in [1.54, 1.807) is 38.1 Å². The Morgan fingerprint density at radius 3 is 2.24 bits per heavy atom. The lowest BCUT2D eigenvalue weighted by Gasteiger charge is -2.13. The van der Waals surface area contributed by atoms with E-state index in [0.717, 1.165) is 5.56 Å². The van der Waals surface area contributed by atoms with E-state index in [9.17, 15) is 9.59 Å². The number of fused-ring (bicyclic) bond motifs is 1. The number of esters is 2. The van der Waals surface area contributed by atoms with Gasteiger partial charge < -0.3 is 9.47 Å². The average molecular weight is 407 g/mol. The first kappa shape index (κ1) is 20.4. The van der Waals surface area contributed by atoms with Crippen LogP contribution in [-0.2, 0) is 9.47 Å². The van der Waals surface area contributed by atoms with Gasteiger partial charge in [-0.15, -0.1) is 0 Å². The van der Waals surface area contributed by atoms with E-state index in [0.29, 0.717) is 21.4 Å². The molecule has 0 fully saturated rings. The Labute approximate surface area is 174 Å². The van der Waals surface area contributed by atoms with E-state index in [2.05, 4.69) is 11.8 Å². The molecule has 0 saturated carbocycles. The van der Waals surface area contributed by atoms with E-state index in [1.165, 1.54) is 0 Å². The number of benzene rings is 3. The molecule has 0 saturated heterocycles. The van der Waals surface area contributed by atoms with Gasteiger partial charge in [0.25, 0.3) is 0 Å². The molecule has 0 aliphatic heterocycles. The molecule has 146 valence electrons. The normalized spacial score (nSPS) is 10.2. The highest BCUT2D eigenvalue weighted by Crippen LogP contribution is 2.30. The second-order valence-electron chi connectivity index (χ2n) is 6.09. The molecule has 3 rings (SSSR count). The molecule has 0 heterocycles. The Bertz CT molecular complexity index is 1120. The number of carbonyl (C=O) groups is 2. The third kappa shape index (κ3) is 4.59. The zero-order valence-electron chi connectivity index (χ0n) is 16.1. The molecule has 3 aromatic rings. The smallest absolute Gasteiger partial charge is 0.339 e. The second-order valence-corrected chi connectivity index (χ2v) is 6.53. The highest BCUT2D eigenvalue weighted by Gasteiger charge is 2.24. The van der Waals surface area contributed by atoms with Gasteiger partial charge in [-0.25, -0.2) is 9.59 Å². The van der Waals surface area contributed by atoms with Crippen LogP contribution < -0.4 is 0 Å². The topological polar surface area (TPSA) is 52.6 Å². The molecule has 0 aliphatic rings. The predicted molar refractivity (Wildman–Crippen MR) is 113 cm³/mol. The van der Waals surface area contributed by atoms with Gasteiger partial charge in [-0.3, -0.25) is 0 Å². The second kappa shape index (κ2) is 9.27. The molecule has 0 unspecified atom stereocenters. The minimum Gasteiger partial charge on any atom is -0.462 e. The minimum absolute atomic E-state index is 0.109. The van der Waals surface area contributed by atoms with E-state index in [-0.39, 0.29) is 24.3 Å². The lowest BCUT2D eigenvalue weighted by Crippen LogP contribution is -2.15. The van der Waals surface area contributed by atoms with Crippen molar-refractivity contribution in [3.8, 4) is 11.8 Å². The first-order valence-electron chi connectivity index (χ1n) is 9.22. The van der Waals surface area contributed by atoms with Gasteiger partial charge in [-0.1, -0.05) is 47.7 Å². The van der Waals surface area contributed by atoms with E-state index >= 15 is 0 Å². The maximum absolute atomic E-state index is 12.7. The largest absolute Gasteiger partial charge is 0.462 e. The highest BCUT2D eigenvalue weighted by molar-refractivity contribution is 6.31. The lowest BCUT2D eigenvalue weighted by atomic mass is 9.94. The molecule has 4 nitrogen and oxygen atoms in total. The van der Waals surface area contributed by atoms with E-state index in [1.807, 2.05) is 30.3 Å². The van der Waals surface area contributed by atoms with Gasteiger partial charge in [0.2, 0.25) is 0 Å². The van der Waals surface area contributed by atoms with Crippen LogP contribution in [0.5, 0.6) is 0 Å². The Morgan fingerprint density at radius 2 is 1.55 bits per heavy atom. The summed E-state index contributed by atoms with van der Waals surface area (Å²) in [6, 6.07) is 16.2. The molecular formula is C24H19ClO4. The van der Waals surface area contributed by atoms with Crippen molar-refractivity contribution in [3.63, 3.8) is 0 Å². The molecule has 5 heteroatoms. The van der Waals surface area contributed by atoms with Crippen LogP contribution >= 0.6 is 11.6 Å². The molecule has 0 radical (unpaired) electrons. The summed E-state index contributed by atoms with van der Waals surface area (Å²) < 4.78 is 10.4. The van der Waals surface area contributed by atoms with E-state index < -0.39 is 11.9 Å². The van der Waals surface area contributed by atoms with E-state index in [4.69, 9.17) is 21.1 Å². The summed E-state index contributed by atoms with van der Waals surface area (Å²) in [6.45, 7) is 3.77. The standard InChI is InChI=1S/C24H19ClO4/c1-3-28-23(26)21-14-17(11-10-16-8-6-5-7-9-16)19-13-12-18(25)15-20(19)22(21)24(27)29-4-2/h5-9,12-15H,3-4H2,1-2H3. The highest BCUT2D eigenvalue weighted by atomic mass is 35.5. The number of hydrogen-bond acceptors (Lipinski definition) is 4. The van der Waals surface area contributed by atoms with Crippen LogP contribution in [0.1, 0.15) is 45.7 Å². The molecule has 0 spiro atoms. The molecule has 0 N–H and O–H groups in total. The third-order valence-electron chi connectivity index (χ3n) is 4.19. The van der Waals surface area contributed by atoms with Crippen LogP contribution in [-0.4, -0.2) is 25.2 Å². The van der Waals surface area contributed by atoms with Crippen molar-refractivity contribution in [1.29, 1.82) is 0 Å². The number of carbonyl (C=O) groups excluding carboxylic acids is 2. The van der Waals surface area contributed by atoms with Gasteiger partial charge in [-0.05, 0) is 55.0 Å². The summed E-state index contributed by atoms with van der Waals surface area (Å²) in [4.78, 5) is 25.3. The van der Waals surface area contributed by atoms with Gasteiger partial charge in [0.15, 0.2) is 0 Å².